The quantitative estimate of drug-likeness (QED) is 0.602. The molecule has 0 aromatic heterocycles. The van der Waals surface area contributed by atoms with Crippen LogP contribution in [0.2, 0.25) is 0 Å². The van der Waals surface area contributed by atoms with E-state index < -0.39 is 60.8 Å². The molecule has 0 saturated carbocycles. The highest BCUT2D eigenvalue weighted by atomic mass is 19.4. The normalized spacial score (nSPS) is 30.0. The number of aliphatic hydroxyl groups excluding tert-OH is 2. The molecule has 5 atom stereocenters. The van der Waals surface area contributed by atoms with Crippen molar-refractivity contribution < 1.29 is 42.4 Å². The number of hydrogen-bond donors (Lipinski definition) is 4. The van der Waals surface area contributed by atoms with Gasteiger partial charge in [0, 0.05) is 5.69 Å². The summed E-state index contributed by atoms with van der Waals surface area (Å²) in [5.74, 6) is -0.964. The van der Waals surface area contributed by atoms with Gasteiger partial charge in [-0.2, -0.15) is 13.2 Å². The van der Waals surface area contributed by atoms with Crippen LogP contribution in [0.4, 0.5) is 23.7 Å². The van der Waals surface area contributed by atoms with Gasteiger partial charge in [-0.3, -0.25) is 0 Å². The Morgan fingerprint density at radius 3 is 2.46 bits per heavy atom. The number of anilines is 1. The molecule has 0 aliphatic carbocycles. The van der Waals surface area contributed by atoms with Gasteiger partial charge in [-0.1, -0.05) is 0 Å². The molecule has 0 spiro atoms. The van der Waals surface area contributed by atoms with E-state index >= 15 is 0 Å². The fourth-order valence-corrected chi connectivity index (χ4v) is 3.19. The van der Waals surface area contributed by atoms with E-state index in [1.54, 1.807) is 13.8 Å². The molecule has 2 aliphatic heterocycles. The van der Waals surface area contributed by atoms with E-state index in [2.05, 4.69) is 10.6 Å². The summed E-state index contributed by atoms with van der Waals surface area (Å²) >= 11 is 0. The van der Waals surface area contributed by atoms with E-state index in [-0.39, 0.29) is 5.69 Å². The van der Waals surface area contributed by atoms with Gasteiger partial charge in [-0.15, -0.1) is 0 Å². The van der Waals surface area contributed by atoms with Crippen molar-refractivity contribution in [1.82, 2.24) is 5.32 Å². The van der Waals surface area contributed by atoms with Gasteiger partial charge in [0.15, 0.2) is 12.1 Å². The Bertz CT molecular complexity index is 712. The lowest BCUT2D eigenvalue weighted by Crippen LogP contribution is -2.53. The third-order valence-electron chi connectivity index (χ3n) is 4.42. The summed E-state index contributed by atoms with van der Waals surface area (Å²) in [5, 5.41) is 24.2. The van der Waals surface area contributed by atoms with Gasteiger partial charge in [-0.25, -0.2) is 4.79 Å². The maximum atomic E-state index is 12.6. The molecule has 1 aromatic rings. The van der Waals surface area contributed by atoms with Gasteiger partial charge in [0.25, 0.3) is 0 Å². The minimum atomic E-state index is -4.47. The molecule has 2 saturated heterocycles. The Labute approximate surface area is 158 Å². The molecule has 2 heterocycles. The number of benzene rings is 1. The molecule has 2 fully saturated rings. The van der Waals surface area contributed by atoms with Gasteiger partial charge in [0.2, 0.25) is 0 Å². The lowest BCUT2D eigenvalue weighted by atomic mass is 10.0. The first-order valence-corrected chi connectivity index (χ1v) is 8.55. The number of aliphatic hydroxyl groups is 2. The van der Waals surface area contributed by atoms with E-state index in [0.29, 0.717) is 0 Å². The molecule has 156 valence electrons. The third-order valence-corrected chi connectivity index (χ3v) is 4.42. The second-order valence-electron chi connectivity index (χ2n) is 7.02. The number of ether oxygens (including phenoxy) is 3. The van der Waals surface area contributed by atoms with Crippen molar-refractivity contribution in [3.63, 3.8) is 0 Å². The summed E-state index contributed by atoms with van der Waals surface area (Å²) in [5.41, 5.74) is -0.695. The molecule has 11 heteroatoms. The number of urea groups is 1. The van der Waals surface area contributed by atoms with Crippen molar-refractivity contribution in [2.45, 2.75) is 56.5 Å². The minimum Gasteiger partial charge on any atom is -0.394 e. The second kappa shape index (κ2) is 7.48. The van der Waals surface area contributed by atoms with Crippen LogP contribution < -0.4 is 10.6 Å². The monoisotopic (exact) mass is 406 g/mol. The highest BCUT2D eigenvalue weighted by Gasteiger charge is 2.56. The van der Waals surface area contributed by atoms with Crippen LogP contribution in [0.3, 0.4) is 0 Å². The largest absolute Gasteiger partial charge is 0.416 e. The summed E-state index contributed by atoms with van der Waals surface area (Å²) in [4.78, 5) is 12.3. The molecule has 1 aromatic carbocycles. The molecule has 28 heavy (non-hydrogen) atoms. The molecule has 0 radical (unpaired) electrons. The number of hydrogen-bond acceptors (Lipinski definition) is 6. The van der Waals surface area contributed by atoms with Crippen LogP contribution in [-0.4, -0.2) is 59.3 Å². The SMILES string of the molecule is CC1(C)OC2OC(C(O)CO)C(NC(=O)Nc3ccc(C(F)(F)F)cc3)C2O1. The van der Waals surface area contributed by atoms with Crippen LogP contribution in [0.1, 0.15) is 19.4 Å². The van der Waals surface area contributed by atoms with E-state index in [1.807, 2.05) is 0 Å². The van der Waals surface area contributed by atoms with Crippen LogP contribution in [0.25, 0.3) is 0 Å². The van der Waals surface area contributed by atoms with Crippen molar-refractivity contribution >= 4 is 11.7 Å². The molecular formula is C17H21F3N2O6. The van der Waals surface area contributed by atoms with Gasteiger partial charge in [0.05, 0.1) is 18.2 Å². The van der Waals surface area contributed by atoms with Crippen molar-refractivity contribution in [1.29, 1.82) is 0 Å². The molecule has 0 bridgehead atoms. The standard InChI is InChI=1S/C17H21F3N2O6/c1-16(2)27-13-11(12(10(24)7-23)26-14(13)28-16)22-15(25)21-9-5-3-8(4-6-9)17(18,19)20/h3-6,10-14,23-24H,7H2,1-2H3,(H2,21,22,25). The fourth-order valence-electron chi connectivity index (χ4n) is 3.19. The van der Waals surface area contributed by atoms with Crippen LogP contribution in [0.5, 0.6) is 0 Å². The summed E-state index contributed by atoms with van der Waals surface area (Å²) in [7, 11) is 0. The number of amides is 2. The van der Waals surface area contributed by atoms with Crippen molar-refractivity contribution in [3.8, 4) is 0 Å². The average molecular weight is 406 g/mol. The van der Waals surface area contributed by atoms with Crippen LogP contribution in [0.15, 0.2) is 24.3 Å². The Hall–Kier alpha value is -1.92. The van der Waals surface area contributed by atoms with Crippen LogP contribution in [-0.2, 0) is 20.4 Å². The smallest absolute Gasteiger partial charge is 0.394 e. The molecule has 2 amide bonds. The first-order chi connectivity index (χ1) is 13.0. The predicted molar refractivity (Wildman–Crippen MR) is 89.2 cm³/mol. The molecule has 8 nitrogen and oxygen atoms in total. The Kier molecular flexibility index (Phi) is 5.56. The maximum absolute atomic E-state index is 12.6. The minimum absolute atomic E-state index is 0.143. The first kappa shape index (κ1) is 20.8. The van der Waals surface area contributed by atoms with Gasteiger partial charge in [-0.05, 0) is 38.1 Å². The average Bonchev–Trinajstić information content (AvgIpc) is 3.06. The van der Waals surface area contributed by atoms with E-state index in [9.17, 15) is 28.2 Å². The fraction of sp³-hybridized carbons (Fsp3) is 0.588. The Morgan fingerprint density at radius 1 is 1.25 bits per heavy atom. The molecule has 5 unspecified atom stereocenters. The van der Waals surface area contributed by atoms with Crippen LogP contribution in [0, 0.1) is 0 Å². The van der Waals surface area contributed by atoms with Crippen molar-refractivity contribution in [3.05, 3.63) is 29.8 Å². The number of nitrogens with one attached hydrogen (secondary N) is 2. The Balaban J connectivity index is 1.68. The topological polar surface area (TPSA) is 109 Å². The molecule has 3 rings (SSSR count). The number of rotatable bonds is 4. The zero-order valence-corrected chi connectivity index (χ0v) is 15.1. The summed E-state index contributed by atoms with van der Waals surface area (Å²) < 4.78 is 54.7. The molecular weight excluding hydrogens is 385 g/mol. The van der Waals surface area contributed by atoms with E-state index in [4.69, 9.17) is 14.2 Å². The third kappa shape index (κ3) is 4.39. The molecule has 2 aliphatic rings. The van der Waals surface area contributed by atoms with Gasteiger partial charge in [0.1, 0.15) is 18.3 Å². The first-order valence-electron chi connectivity index (χ1n) is 8.55. The summed E-state index contributed by atoms with van der Waals surface area (Å²) in [6, 6.07) is 2.34. The lowest BCUT2D eigenvalue weighted by Gasteiger charge is -2.28. The number of carbonyl (C=O) groups excluding carboxylic acids is 1. The number of carbonyl (C=O) groups is 1. The Morgan fingerprint density at radius 2 is 1.89 bits per heavy atom. The number of alkyl halides is 3. The highest BCUT2D eigenvalue weighted by Crippen LogP contribution is 2.38. The van der Waals surface area contributed by atoms with E-state index in [1.165, 1.54) is 0 Å². The zero-order chi connectivity index (χ0) is 20.7. The molecule has 4 N–H and O–H groups in total. The summed E-state index contributed by atoms with van der Waals surface area (Å²) in [6.45, 7) is 2.71. The van der Waals surface area contributed by atoms with Crippen molar-refractivity contribution in [2.75, 3.05) is 11.9 Å². The van der Waals surface area contributed by atoms with Crippen molar-refractivity contribution in [2.24, 2.45) is 0 Å². The number of fused-ring (bicyclic) bond motifs is 1. The lowest BCUT2D eigenvalue weighted by molar-refractivity contribution is -0.218. The zero-order valence-electron chi connectivity index (χ0n) is 15.1. The predicted octanol–water partition coefficient (Wildman–Crippen LogP) is 1.43. The van der Waals surface area contributed by atoms with Gasteiger partial charge >= 0.3 is 12.2 Å². The maximum Gasteiger partial charge on any atom is 0.416 e. The summed E-state index contributed by atoms with van der Waals surface area (Å²) in [6.07, 6.45) is -8.35. The van der Waals surface area contributed by atoms with E-state index in [0.717, 1.165) is 24.3 Å². The highest BCUT2D eigenvalue weighted by molar-refractivity contribution is 5.89. The second-order valence-corrected chi connectivity index (χ2v) is 7.02. The van der Waals surface area contributed by atoms with Gasteiger partial charge < -0.3 is 35.1 Å². The van der Waals surface area contributed by atoms with Crippen LogP contribution >= 0.6 is 0 Å². The number of halogens is 3.